The number of rotatable bonds is 5. The number of furan rings is 1. The molecule has 0 spiro atoms. The van der Waals surface area contributed by atoms with Gasteiger partial charge in [-0.25, -0.2) is 13.1 Å². The standard InChI is InChI=1S/C20H20N2O4S2/c1-14-18-9-12-27-19(18)8-10-22(14)20(23)15-4-6-17(7-5-15)28(24,25)21-13-16-3-2-11-26-16/h2-7,9,11-12,14,21H,8,10,13H2,1H3/t14-/m1/s1. The molecule has 0 saturated heterocycles. The van der Waals surface area contributed by atoms with Crippen molar-refractivity contribution in [2.24, 2.45) is 0 Å². The van der Waals surface area contributed by atoms with Crippen LogP contribution in [0.5, 0.6) is 0 Å². The van der Waals surface area contributed by atoms with Crippen molar-refractivity contribution in [1.29, 1.82) is 0 Å². The maximum absolute atomic E-state index is 12.9. The van der Waals surface area contributed by atoms with E-state index in [0.29, 0.717) is 17.9 Å². The first kappa shape index (κ1) is 18.9. The van der Waals surface area contributed by atoms with E-state index in [4.69, 9.17) is 4.42 Å². The second-order valence-corrected chi connectivity index (χ2v) is 9.42. The van der Waals surface area contributed by atoms with Crippen molar-refractivity contribution in [3.05, 3.63) is 75.9 Å². The van der Waals surface area contributed by atoms with Gasteiger partial charge < -0.3 is 9.32 Å². The smallest absolute Gasteiger partial charge is 0.254 e. The molecule has 0 fully saturated rings. The van der Waals surface area contributed by atoms with E-state index in [2.05, 4.69) is 16.2 Å². The molecule has 0 unspecified atom stereocenters. The molecule has 0 radical (unpaired) electrons. The number of nitrogens with zero attached hydrogens (tertiary/aromatic N) is 1. The summed E-state index contributed by atoms with van der Waals surface area (Å²) in [4.78, 5) is 16.2. The van der Waals surface area contributed by atoms with Gasteiger partial charge in [0, 0.05) is 17.0 Å². The minimum absolute atomic E-state index is 0.0147. The van der Waals surface area contributed by atoms with Crippen LogP contribution in [-0.4, -0.2) is 25.8 Å². The van der Waals surface area contributed by atoms with Crippen LogP contribution in [0.1, 0.15) is 39.5 Å². The van der Waals surface area contributed by atoms with Crippen molar-refractivity contribution in [2.45, 2.75) is 30.8 Å². The largest absolute Gasteiger partial charge is 0.468 e. The zero-order valence-electron chi connectivity index (χ0n) is 15.3. The fourth-order valence-electron chi connectivity index (χ4n) is 3.39. The van der Waals surface area contributed by atoms with Crippen molar-refractivity contribution >= 4 is 27.3 Å². The van der Waals surface area contributed by atoms with E-state index in [-0.39, 0.29) is 23.4 Å². The van der Waals surface area contributed by atoms with Crippen molar-refractivity contribution < 1.29 is 17.6 Å². The molecule has 0 bridgehead atoms. The molecule has 1 aromatic carbocycles. The van der Waals surface area contributed by atoms with E-state index in [1.165, 1.54) is 28.8 Å². The number of hydrogen-bond donors (Lipinski definition) is 1. The van der Waals surface area contributed by atoms with Gasteiger partial charge >= 0.3 is 0 Å². The molecule has 3 heterocycles. The lowest BCUT2D eigenvalue weighted by atomic mass is 10.0. The third-order valence-corrected chi connectivity index (χ3v) is 7.38. The number of fused-ring (bicyclic) bond motifs is 1. The molecule has 28 heavy (non-hydrogen) atoms. The summed E-state index contributed by atoms with van der Waals surface area (Å²) in [7, 11) is -3.68. The molecule has 1 aliphatic heterocycles. The maximum Gasteiger partial charge on any atom is 0.254 e. The second kappa shape index (κ2) is 7.54. The van der Waals surface area contributed by atoms with Crippen LogP contribution in [0, 0.1) is 0 Å². The molecule has 146 valence electrons. The van der Waals surface area contributed by atoms with Crippen LogP contribution in [0.25, 0.3) is 0 Å². The Labute approximate surface area is 167 Å². The summed E-state index contributed by atoms with van der Waals surface area (Å²) in [5, 5.41) is 2.06. The summed E-state index contributed by atoms with van der Waals surface area (Å²) in [5.41, 5.74) is 1.68. The number of benzene rings is 1. The Hall–Kier alpha value is -2.42. The predicted octanol–water partition coefficient (Wildman–Crippen LogP) is 3.58. The lowest BCUT2D eigenvalue weighted by Gasteiger charge is -2.33. The topological polar surface area (TPSA) is 79.6 Å². The lowest BCUT2D eigenvalue weighted by Crippen LogP contribution is -2.38. The summed E-state index contributed by atoms with van der Waals surface area (Å²) in [5.74, 6) is 0.444. The molecule has 0 aliphatic carbocycles. The molecule has 1 atom stereocenters. The van der Waals surface area contributed by atoms with Crippen molar-refractivity contribution in [3.63, 3.8) is 0 Å². The maximum atomic E-state index is 12.9. The van der Waals surface area contributed by atoms with Gasteiger partial charge in [-0.1, -0.05) is 0 Å². The van der Waals surface area contributed by atoms with Gasteiger partial charge in [0.15, 0.2) is 0 Å². The van der Waals surface area contributed by atoms with Gasteiger partial charge in [-0.05, 0) is 66.8 Å². The summed E-state index contributed by atoms with van der Waals surface area (Å²) in [6.07, 6.45) is 2.34. The van der Waals surface area contributed by atoms with Crippen LogP contribution in [0.3, 0.4) is 0 Å². The third-order valence-electron chi connectivity index (χ3n) is 4.97. The van der Waals surface area contributed by atoms with Gasteiger partial charge in [-0.2, -0.15) is 0 Å². The molecular weight excluding hydrogens is 396 g/mol. The Bertz CT molecular complexity index is 1070. The molecule has 0 saturated carbocycles. The summed E-state index contributed by atoms with van der Waals surface area (Å²) >= 11 is 1.73. The van der Waals surface area contributed by atoms with Gasteiger partial charge in [0.05, 0.1) is 23.7 Å². The Morgan fingerprint density at radius 3 is 2.75 bits per heavy atom. The van der Waals surface area contributed by atoms with Gasteiger partial charge in [0.1, 0.15) is 5.76 Å². The highest BCUT2D eigenvalue weighted by Gasteiger charge is 2.29. The minimum atomic E-state index is -3.68. The fourth-order valence-corrected chi connectivity index (χ4v) is 5.35. The predicted molar refractivity (Wildman–Crippen MR) is 107 cm³/mol. The van der Waals surface area contributed by atoms with Crippen LogP contribution >= 0.6 is 11.3 Å². The fraction of sp³-hybridized carbons (Fsp3) is 0.250. The monoisotopic (exact) mass is 416 g/mol. The van der Waals surface area contributed by atoms with Crippen molar-refractivity contribution in [1.82, 2.24) is 9.62 Å². The number of sulfonamides is 1. The molecule has 1 aliphatic rings. The first-order valence-electron chi connectivity index (χ1n) is 8.95. The van der Waals surface area contributed by atoms with E-state index in [9.17, 15) is 13.2 Å². The first-order valence-corrected chi connectivity index (χ1v) is 11.3. The van der Waals surface area contributed by atoms with Crippen LogP contribution in [0.2, 0.25) is 0 Å². The van der Waals surface area contributed by atoms with Gasteiger partial charge in [0.25, 0.3) is 5.91 Å². The van der Waals surface area contributed by atoms with Gasteiger partial charge in [-0.3, -0.25) is 4.79 Å². The number of carbonyl (C=O) groups excluding carboxylic acids is 1. The van der Waals surface area contributed by atoms with Crippen LogP contribution in [-0.2, 0) is 23.0 Å². The van der Waals surface area contributed by atoms with Crippen LogP contribution in [0.15, 0.2) is 63.4 Å². The van der Waals surface area contributed by atoms with E-state index < -0.39 is 10.0 Å². The van der Waals surface area contributed by atoms with E-state index in [0.717, 1.165) is 6.42 Å². The average molecular weight is 417 g/mol. The Kier molecular flexibility index (Phi) is 5.09. The molecule has 3 aromatic rings. The molecular formula is C20H20N2O4S2. The lowest BCUT2D eigenvalue weighted by molar-refractivity contribution is 0.0679. The molecule has 4 rings (SSSR count). The number of amides is 1. The molecule has 2 aromatic heterocycles. The average Bonchev–Trinajstić information content (AvgIpc) is 3.38. The van der Waals surface area contributed by atoms with E-state index in [1.807, 2.05) is 11.8 Å². The highest BCUT2D eigenvalue weighted by atomic mass is 32.2. The molecule has 1 amide bonds. The number of carbonyl (C=O) groups is 1. The van der Waals surface area contributed by atoms with Crippen LogP contribution in [0.4, 0.5) is 0 Å². The molecule has 6 nitrogen and oxygen atoms in total. The Morgan fingerprint density at radius 2 is 2.04 bits per heavy atom. The highest BCUT2D eigenvalue weighted by molar-refractivity contribution is 7.89. The quantitative estimate of drug-likeness (QED) is 0.689. The normalized spacial score (nSPS) is 16.8. The second-order valence-electron chi connectivity index (χ2n) is 6.65. The number of thiophene rings is 1. The summed E-state index contributed by atoms with van der Waals surface area (Å²) in [6.45, 7) is 2.77. The zero-order valence-corrected chi connectivity index (χ0v) is 16.9. The van der Waals surface area contributed by atoms with Crippen molar-refractivity contribution in [2.75, 3.05) is 6.54 Å². The Balaban J connectivity index is 1.48. The van der Waals surface area contributed by atoms with Crippen molar-refractivity contribution in [3.8, 4) is 0 Å². The van der Waals surface area contributed by atoms with Gasteiger partial charge in [-0.15, -0.1) is 11.3 Å². The minimum Gasteiger partial charge on any atom is -0.468 e. The van der Waals surface area contributed by atoms with Crippen LogP contribution < -0.4 is 4.72 Å². The van der Waals surface area contributed by atoms with E-state index in [1.54, 1.807) is 35.6 Å². The molecule has 1 N–H and O–H groups in total. The highest BCUT2D eigenvalue weighted by Crippen LogP contribution is 2.33. The summed E-state index contributed by atoms with van der Waals surface area (Å²) < 4.78 is 32.5. The molecule has 8 heteroatoms. The van der Waals surface area contributed by atoms with E-state index >= 15 is 0 Å². The SMILES string of the molecule is C[C@@H]1c2ccsc2CCN1C(=O)c1ccc(S(=O)(=O)NCc2ccco2)cc1. The zero-order chi connectivity index (χ0) is 19.7. The number of nitrogens with one attached hydrogen (secondary N) is 1. The number of hydrogen-bond acceptors (Lipinski definition) is 5. The first-order chi connectivity index (χ1) is 13.5. The summed E-state index contributed by atoms with van der Waals surface area (Å²) in [6, 6.07) is 11.5. The third kappa shape index (κ3) is 3.63. The Morgan fingerprint density at radius 1 is 1.25 bits per heavy atom. The van der Waals surface area contributed by atoms with Gasteiger partial charge in [0.2, 0.25) is 10.0 Å².